The molecule has 15 heteroatoms. The highest BCUT2D eigenvalue weighted by Crippen LogP contribution is 2.23. The second kappa shape index (κ2) is 15.0. The van der Waals surface area contributed by atoms with Crippen molar-refractivity contribution in [1.29, 1.82) is 0 Å². The summed E-state index contributed by atoms with van der Waals surface area (Å²) in [5, 5.41) is 18.6. The van der Waals surface area contributed by atoms with Crippen LogP contribution >= 0.6 is 0 Å². The van der Waals surface area contributed by atoms with Crippen LogP contribution in [0.4, 0.5) is 11.4 Å². The maximum atomic E-state index is 13.3. The molecule has 2 aromatic carbocycles. The summed E-state index contributed by atoms with van der Waals surface area (Å²) in [5.41, 5.74) is 17.9. The number of nitrogens with zero attached hydrogens (tertiary/aromatic N) is 3. The van der Waals surface area contributed by atoms with Gasteiger partial charge in [0.15, 0.2) is 5.96 Å². The summed E-state index contributed by atoms with van der Waals surface area (Å²) < 4.78 is 0. The number of rotatable bonds is 13. The zero-order chi connectivity index (χ0) is 30.6. The van der Waals surface area contributed by atoms with Gasteiger partial charge in [0.25, 0.3) is 11.6 Å². The molecule has 9 N–H and O–H groups in total. The number of nitro benzene ring substituents is 1. The Morgan fingerprint density at radius 3 is 2.45 bits per heavy atom. The Hall–Kier alpha value is -5.21. The van der Waals surface area contributed by atoms with Gasteiger partial charge in [0, 0.05) is 37.5 Å². The molecule has 1 heterocycles. The number of carbonyl (C=O) groups is 4. The third kappa shape index (κ3) is 8.90. The molecule has 0 bridgehead atoms. The van der Waals surface area contributed by atoms with E-state index in [4.69, 9.17) is 17.2 Å². The van der Waals surface area contributed by atoms with Crippen molar-refractivity contribution in [3.63, 3.8) is 0 Å². The first-order valence-corrected chi connectivity index (χ1v) is 13.4. The molecule has 0 aromatic heterocycles. The number of nitrogen functional groups attached to an aromatic ring is 1. The van der Waals surface area contributed by atoms with Crippen LogP contribution in [0.25, 0.3) is 0 Å². The topological polar surface area (TPSA) is 241 Å². The van der Waals surface area contributed by atoms with Crippen molar-refractivity contribution in [3.8, 4) is 0 Å². The Balaban J connectivity index is 1.59. The Labute approximate surface area is 242 Å². The Morgan fingerprint density at radius 1 is 1.07 bits per heavy atom. The molecule has 0 spiro atoms. The summed E-state index contributed by atoms with van der Waals surface area (Å²) in [6.07, 6.45) is 1.55. The summed E-state index contributed by atoms with van der Waals surface area (Å²) in [6, 6.07) is 10.5. The number of amides is 4. The van der Waals surface area contributed by atoms with E-state index in [1.165, 1.54) is 29.2 Å². The first kappa shape index (κ1) is 31.3. The van der Waals surface area contributed by atoms with E-state index in [0.29, 0.717) is 42.6 Å². The highest BCUT2D eigenvalue weighted by atomic mass is 16.6. The number of benzene rings is 2. The highest BCUT2D eigenvalue weighted by Gasteiger charge is 2.36. The van der Waals surface area contributed by atoms with E-state index < -0.39 is 34.7 Å². The molecule has 224 valence electrons. The minimum absolute atomic E-state index is 0.0699. The van der Waals surface area contributed by atoms with E-state index in [1.54, 1.807) is 24.3 Å². The molecule has 1 fully saturated rings. The molecule has 42 heavy (non-hydrogen) atoms. The highest BCUT2D eigenvalue weighted by molar-refractivity contribution is 6.02. The van der Waals surface area contributed by atoms with Crippen LogP contribution in [0.1, 0.15) is 41.6 Å². The molecule has 15 nitrogen and oxygen atoms in total. The van der Waals surface area contributed by atoms with Crippen LogP contribution in [0.3, 0.4) is 0 Å². The van der Waals surface area contributed by atoms with E-state index in [-0.39, 0.29) is 43.6 Å². The average molecular weight is 582 g/mol. The van der Waals surface area contributed by atoms with Gasteiger partial charge in [0.2, 0.25) is 17.7 Å². The van der Waals surface area contributed by atoms with Crippen LogP contribution in [0.15, 0.2) is 53.5 Å². The maximum Gasteiger partial charge on any atom is 0.269 e. The molecule has 0 aliphatic carbocycles. The monoisotopic (exact) mass is 581 g/mol. The predicted molar refractivity (Wildman–Crippen MR) is 155 cm³/mol. The van der Waals surface area contributed by atoms with Gasteiger partial charge in [-0.2, -0.15) is 0 Å². The molecule has 0 unspecified atom stereocenters. The van der Waals surface area contributed by atoms with Crippen LogP contribution < -0.4 is 33.2 Å². The number of hydrogen-bond acceptors (Lipinski definition) is 8. The van der Waals surface area contributed by atoms with Crippen molar-refractivity contribution in [2.75, 3.05) is 25.4 Å². The first-order valence-electron chi connectivity index (χ1n) is 13.4. The van der Waals surface area contributed by atoms with Gasteiger partial charge in [0.1, 0.15) is 12.1 Å². The quantitative estimate of drug-likeness (QED) is 0.0456. The minimum Gasteiger partial charge on any atom is -0.398 e. The van der Waals surface area contributed by atoms with Crippen molar-refractivity contribution in [1.82, 2.24) is 20.9 Å². The van der Waals surface area contributed by atoms with E-state index in [9.17, 15) is 29.3 Å². The molecule has 0 saturated carbocycles. The molecule has 2 atom stereocenters. The molecule has 2 aromatic rings. The van der Waals surface area contributed by atoms with Crippen molar-refractivity contribution < 1.29 is 24.1 Å². The number of aliphatic imine (C=N–C) groups is 1. The molecule has 1 aliphatic heterocycles. The van der Waals surface area contributed by atoms with Crippen LogP contribution in [0.5, 0.6) is 0 Å². The van der Waals surface area contributed by atoms with Gasteiger partial charge in [-0.15, -0.1) is 0 Å². The molecule has 4 amide bonds. The third-order valence-corrected chi connectivity index (χ3v) is 6.65. The van der Waals surface area contributed by atoms with Crippen LogP contribution in [0, 0.1) is 10.1 Å². The number of nitrogens with two attached hydrogens (primary N) is 3. The number of hydrogen-bond donors (Lipinski definition) is 6. The largest absolute Gasteiger partial charge is 0.398 e. The van der Waals surface area contributed by atoms with Gasteiger partial charge in [-0.25, -0.2) is 0 Å². The van der Waals surface area contributed by atoms with Crippen LogP contribution in [-0.2, 0) is 20.9 Å². The molecular weight excluding hydrogens is 546 g/mol. The second-order valence-electron chi connectivity index (χ2n) is 9.67. The molecule has 3 rings (SSSR count). The molecule has 1 saturated heterocycles. The number of anilines is 1. The zero-order valence-electron chi connectivity index (χ0n) is 23.0. The molecular formula is C27H35N9O6. The summed E-state index contributed by atoms with van der Waals surface area (Å²) in [6.45, 7) is 0.316. The van der Waals surface area contributed by atoms with Crippen LogP contribution in [-0.4, -0.2) is 71.1 Å². The van der Waals surface area contributed by atoms with Gasteiger partial charge >= 0.3 is 0 Å². The number of para-hydroxylation sites is 1. The molecule has 0 radical (unpaired) electrons. The third-order valence-electron chi connectivity index (χ3n) is 6.65. The van der Waals surface area contributed by atoms with E-state index in [2.05, 4.69) is 20.9 Å². The lowest BCUT2D eigenvalue weighted by molar-refractivity contribution is -0.384. The standard InChI is InChI=1S/C27H35N9O6/c28-20-6-2-1-5-19(20)26(40)35-14-4-8-22(35)25(39)34-21(7-3-13-31-27(29)30)24(38)33-16-23(37)32-15-17-9-11-18(12-10-17)36(41)42/h1-2,5-6,9-12,21-22H,3-4,7-8,13-16,28H2,(H,32,37)(H,33,38)(H,34,39)(H4,29,30,31)/t21-,22+/m1/s1. The van der Waals surface area contributed by atoms with Gasteiger partial charge < -0.3 is 38.1 Å². The van der Waals surface area contributed by atoms with Crippen molar-refractivity contribution >= 4 is 41.0 Å². The predicted octanol–water partition coefficient (Wildman–Crippen LogP) is -0.247. The Morgan fingerprint density at radius 2 is 1.79 bits per heavy atom. The SMILES string of the molecule is NC(N)=NCCC[C@@H](NC(=O)[C@@H]1CCCN1C(=O)c1ccccc1N)C(=O)NCC(=O)NCc1ccc([N+](=O)[O-])cc1. The van der Waals surface area contributed by atoms with Crippen molar-refractivity contribution in [2.45, 2.75) is 44.3 Å². The van der Waals surface area contributed by atoms with Crippen LogP contribution in [0.2, 0.25) is 0 Å². The summed E-state index contributed by atoms with van der Waals surface area (Å²) in [5.74, 6) is -2.07. The van der Waals surface area contributed by atoms with E-state index >= 15 is 0 Å². The summed E-state index contributed by atoms with van der Waals surface area (Å²) in [4.78, 5) is 67.4. The lowest BCUT2D eigenvalue weighted by atomic mass is 10.1. The fourth-order valence-electron chi connectivity index (χ4n) is 4.46. The second-order valence-corrected chi connectivity index (χ2v) is 9.67. The number of nitro groups is 1. The van der Waals surface area contributed by atoms with Gasteiger partial charge in [-0.05, 0) is 43.4 Å². The summed E-state index contributed by atoms with van der Waals surface area (Å²) in [7, 11) is 0. The number of likely N-dealkylation sites (tertiary alicyclic amines) is 1. The lowest BCUT2D eigenvalue weighted by Gasteiger charge is -2.26. The minimum atomic E-state index is -1.02. The number of non-ortho nitro benzene ring substituents is 1. The van der Waals surface area contributed by atoms with Gasteiger partial charge in [0.05, 0.1) is 17.0 Å². The Bertz CT molecular complexity index is 1330. The smallest absolute Gasteiger partial charge is 0.269 e. The maximum absolute atomic E-state index is 13.3. The molecule has 1 aliphatic rings. The summed E-state index contributed by atoms with van der Waals surface area (Å²) >= 11 is 0. The first-order chi connectivity index (χ1) is 20.1. The number of nitrogens with one attached hydrogen (secondary N) is 3. The number of carbonyl (C=O) groups excluding carboxylic acids is 4. The number of guanidine groups is 1. The fraction of sp³-hybridized carbons (Fsp3) is 0.370. The lowest BCUT2D eigenvalue weighted by Crippen LogP contribution is -2.54. The average Bonchev–Trinajstić information content (AvgIpc) is 3.46. The van der Waals surface area contributed by atoms with Gasteiger partial charge in [-0.1, -0.05) is 24.3 Å². The van der Waals surface area contributed by atoms with Crippen molar-refractivity contribution in [2.24, 2.45) is 16.5 Å². The fourth-order valence-corrected chi connectivity index (χ4v) is 4.46. The van der Waals surface area contributed by atoms with Gasteiger partial charge in [-0.3, -0.25) is 34.3 Å². The normalized spacial score (nSPS) is 14.9. The van der Waals surface area contributed by atoms with E-state index in [0.717, 1.165) is 0 Å². The van der Waals surface area contributed by atoms with E-state index in [1.807, 2.05) is 0 Å². The zero-order valence-corrected chi connectivity index (χ0v) is 23.0. The van der Waals surface area contributed by atoms with Crippen molar-refractivity contribution in [3.05, 3.63) is 69.8 Å². The Kier molecular flexibility index (Phi) is 11.2.